The first kappa shape index (κ1) is 11.2. The van der Waals surface area contributed by atoms with Crippen molar-refractivity contribution in [3.8, 4) is 0 Å². The van der Waals surface area contributed by atoms with E-state index in [0.717, 1.165) is 24.4 Å². The van der Waals surface area contributed by atoms with E-state index in [2.05, 4.69) is 30.1 Å². The summed E-state index contributed by atoms with van der Waals surface area (Å²) in [6.07, 6.45) is 5.73. The summed E-state index contributed by atoms with van der Waals surface area (Å²) in [6, 6.07) is 9.42. The number of fused-ring (bicyclic) bond motifs is 1. The third kappa shape index (κ3) is 2.12. The number of nitrogens with zero attached hydrogens (tertiary/aromatic N) is 1. The van der Waals surface area contributed by atoms with E-state index in [1.54, 1.807) is 0 Å². The maximum atomic E-state index is 10.6. The summed E-state index contributed by atoms with van der Waals surface area (Å²) in [4.78, 5) is 2.41. The number of rotatable bonds is 2. The van der Waals surface area contributed by atoms with Gasteiger partial charge < -0.3 is 5.11 Å². The lowest BCUT2D eigenvalue weighted by Gasteiger charge is -2.31. The molecule has 0 radical (unpaired) electrons. The molecule has 1 N–H and O–H groups in total. The van der Waals surface area contributed by atoms with Crippen molar-refractivity contribution in [2.75, 3.05) is 7.05 Å². The van der Waals surface area contributed by atoms with Gasteiger partial charge in [0, 0.05) is 12.1 Å². The zero-order valence-electron chi connectivity index (χ0n) is 10.5. The number of aliphatic hydroxyl groups excluding tert-OH is 1. The van der Waals surface area contributed by atoms with Crippen LogP contribution in [-0.2, 0) is 6.42 Å². The monoisotopic (exact) mass is 231 g/mol. The van der Waals surface area contributed by atoms with E-state index in [1.807, 2.05) is 6.07 Å². The summed E-state index contributed by atoms with van der Waals surface area (Å²) in [6.45, 7) is 0. The van der Waals surface area contributed by atoms with Crippen molar-refractivity contribution in [2.45, 2.75) is 50.3 Å². The average Bonchev–Trinajstić information content (AvgIpc) is 3.17. The Balaban J connectivity index is 1.88. The maximum Gasteiger partial charge on any atom is 0.0947 e. The number of benzene rings is 1. The fourth-order valence-corrected chi connectivity index (χ4v) is 3.10. The van der Waals surface area contributed by atoms with Gasteiger partial charge in [0.05, 0.1) is 6.10 Å². The second-order valence-electron chi connectivity index (χ2n) is 5.50. The van der Waals surface area contributed by atoms with Crippen LogP contribution in [0.3, 0.4) is 0 Å². The fourth-order valence-electron chi connectivity index (χ4n) is 3.10. The second kappa shape index (κ2) is 4.43. The highest BCUT2D eigenvalue weighted by molar-refractivity contribution is 5.31. The number of hydrogen-bond acceptors (Lipinski definition) is 2. The van der Waals surface area contributed by atoms with Gasteiger partial charge in [0.15, 0.2) is 0 Å². The Morgan fingerprint density at radius 3 is 2.71 bits per heavy atom. The molecule has 1 aromatic carbocycles. The Hall–Kier alpha value is -0.860. The topological polar surface area (TPSA) is 23.5 Å². The molecule has 0 bridgehead atoms. The molecule has 2 atom stereocenters. The molecule has 0 aromatic heterocycles. The smallest absolute Gasteiger partial charge is 0.0947 e. The quantitative estimate of drug-likeness (QED) is 0.791. The predicted molar refractivity (Wildman–Crippen MR) is 68.9 cm³/mol. The van der Waals surface area contributed by atoms with Gasteiger partial charge in [-0.1, -0.05) is 24.3 Å². The molecule has 1 saturated carbocycles. The van der Waals surface area contributed by atoms with Crippen molar-refractivity contribution in [1.82, 2.24) is 4.90 Å². The molecule has 2 aliphatic rings. The van der Waals surface area contributed by atoms with Gasteiger partial charge in [0.25, 0.3) is 0 Å². The van der Waals surface area contributed by atoms with E-state index in [-0.39, 0.29) is 6.10 Å². The first-order valence-electron chi connectivity index (χ1n) is 6.75. The zero-order chi connectivity index (χ0) is 11.8. The van der Waals surface area contributed by atoms with E-state index in [9.17, 15) is 5.11 Å². The summed E-state index contributed by atoms with van der Waals surface area (Å²) < 4.78 is 0. The summed E-state index contributed by atoms with van der Waals surface area (Å²) in [5, 5.41) is 10.6. The number of aryl methyl sites for hydroxylation is 1. The fraction of sp³-hybridized carbons (Fsp3) is 0.600. The Morgan fingerprint density at radius 1 is 1.18 bits per heavy atom. The first-order chi connectivity index (χ1) is 8.27. The lowest BCUT2D eigenvalue weighted by Crippen LogP contribution is -2.37. The van der Waals surface area contributed by atoms with Crippen LogP contribution in [-0.4, -0.2) is 29.1 Å². The van der Waals surface area contributed by atoms with Crippen LogP contribution in [0, 0.1) is 0 Å². The van der Waals surface area contributed by atoms with Crippen LogP contribution in [0.4, 0.5) is 0 Å². The molecule has 17 heavy (non-hydrogen) atoms. The number of likely N-dealkylation sites (N-methyl/N-ethyl adjacent to an activating group) is 1. The van der Waals surface area contributed by atoms with E-state index < -0.39 is 0 Å². The van der Waals surface area contributed by atoms with Crippen LogP contribution >= 0.6 is 0 Å². The third-order valence-corrected chi connectivity index (χ3v) is 4.33. The lowest BCUT2D eigenvalue weighted by atomic mass is 9.98. The van der Waals surface area contributed by atoms with Crippen molar-refractivity contribution >= 4 is 0 Å². The SMILES string of the molecule is CN(C1CC1)C1CCCc2ccccc2C1O. The predicted octanol–water partition coefficient (Wildman–Crippen LogP) is 2.52. The zero-order valence-corrected chi connectivity index (χ0v) is 10.5. The molecule has 2 nitrogen and oxygen atoms in total. The summed E-state index contributed by atoms with van der Waals surface area (Å²) in [5.41, 5.74) is 2.49. The van der Waals surface area contributed by atoms with Crippen LogP contribution in [0.15, 0.2) is 24.3 Å². The molecule has 2 unspecified atom stereocenters. The molecular weight excluding hydrogens is 210 g/mol. The number of hydrogen-bond donors (Lipinski definition) is 1. The lowest BCUT2D eigenvalue weighted by molar-refractivity contribution is 0.0551. The van der Waals surface area contributed by atoms with Gasteiger partial charge in [-0.3, -0.25) is 4.90 Å². The van der Waals surface area contributed by atoms with Gasteiger partial charge in [-0.2, -0.15) is 0 Å². The highest BCUT2D eigenvalue weighted by atomic mass is 16.3. The van der Waals surface area contributed by atoms with Crippen molar-refractivity contribution in [1.29, 1.82) is 0 Å². The van der Waals surface area contributed by atoms with Gasteiger partial charge in [-0.25, -0.2) is 0 Å². The molecule has 0 saturated heterocycles. The van der Waals surface area contributed by atoms with Crippen LogP contribution < -0.4 is 0 Å². The van der Waals surface area contributed by atoms with Crippen molar-refractivity contribution < 1.29 is 5.11 Å². The maximum absolute atomic E-state index is 10.6. The molecule has 92 valence electrons. The minimum Gasteiger partial charge on any atom is -0.387 e. The van der Waals surface area contributed by atoms with Gasteiger partial charge >= 0.3 is 0 Å². The molecule has 0 aliphatic heterocycles. The molecule has 1 aromatic rings. The summed E-state index contributed by atoms with van der Waals surface area (Å²) in [7, 11) is 2.18. The van der Waals surface area contributed by atoms with Crippen molar-refractivity contribution in [3.05, 3.63) is 35.4 Å². The standard InChI is InChI=1S/C15H21NO/c1-16(12-9-10-12)14-8-4-6-11-5-2-3-7-13(11)15(14)17/h2-3,5,7,12,14-15,17H,4,6,8-10H2,1H3. The highest BCUT2D eigenvalue weighted by Gasteiger charge is 2.36. The van der Waals surface area contributed by atoms with Crippen molar-refractivity contribution in [3.63, 3.8) is 0 Å². The van der Waals surface area contributed by atoms with E-state index in [0.29, 0.717) is 6.04 Å². The Labute approximate surface area is 103 Å². The molecule has 0 amide bonds. The van der Waals surface area contributed by atoms with Crippen LogP contribution in [0.5, 0.6) is 0 Å². The van der Waals surface area contributed by atoms with E-state index >= 15 is 0 Å². The molecule has 0 heterocycles. The average molecular weight is 231 g/mol. The Kier molecular flexibility index (Phi) is 2.93. The minimum atomic E-state index is -0.306. The van der Waals surface area contributed by atoms with Gasteiger partial charge in [0.2, 0.25) is 0 Å². The van der Waals surface area contributed by atoms with Gasteiger partial charge in [-0.15, -0.1) is 0 Å². The first-order valence-corrected chi connectivity index (χ1v) is 6.75. The minimum absolute atomic E-state index is 0.306. The summed E-state index contributed by atoms with van der Waals surface area (Å²) in [5.74, 6) is 0. The summed E-state index contributed by atoms with van der Waals surface area (Å²) >= 11 is 0. The second-order valence-corrected chi connectivity index (χ2v) is 5.50. The molecule has 3 rings (SSSR count). The Bertz CT molecular complexity index is 400. The molecule has 2 heteroatoms. The van der Waals surface area contributed by atoms with Gasteiger partial charge in [-0.05, 0) is 50.3 Å². The molecule has 1 fully saturated rings. The largest absolute Gasteiger partial charge is 0.387 e. The normalized spacial score (nSPS) is 28.9. The van der Waals surface area contributed by atoms with E-state index in [1.165, 1.54) is 24.8 Å². The molecule has 0 spiro atoms. The van der Waals surface area contributed by atoms with Crippen LogP contribution in [0.1, 0.15) is 42.9 Å². The molecular formula is C15H21NO. The highest BCUT2D eigenvalue weighted by Crippen LogP contribution is 2.36. The molecule has 2 aliphatic carbocycles. The number of aliphatic hydroxyl groups is 1. The van der Waals surface area contributed by atoms with Crippen LogP contribution in [0.2, 0.25) is 0 Å². The third-order valence-electron chi connectivity index (χ3n) is 4.33. The Morgan fingerprint density at radius 2 is 1.94 bits per heavy atom. The van der Waals surface area contributed by atoms with Crippen molar-refractivity contribution in [2.24, 2.45) is 0 Å². The van der Waals surface area contributed by atoms with Gasteiger partial charge in [0.1, 0.15) is 0 Å². The van der Waals surface area contributed by atoms with E-state index in [4.69, 9.17) is 0 Å². The van der Waals surface area contributed by atoms with Crippen LogP contribution in [0.25, 0.3) is 0 Å².